The smallest absolute Gasteiger partial charge is 0.228 e. The van der Waals surface area contributed by atoms with Crippen LogP contribution < -0.4 is 14.8 Å². The van der Waals surface area contributed by atoms with Crippen molar-refractivity contribution in [3.8, 4) is 11.5 Å². The van der Waals surface area contributed by atoms with Gasteiger partial charge in [0.05, 0.1) is 31.7 Å². The summed E-state index contributed by atoms with van der Waals surface area (Å²) in [6.45, 7) is 0. The Labute approximate surface area is 139 Å². The van der Waals surface area contributed by atoms with E-state index in [1.807, 2.05) is 18.2 Å². The van der Waals surface area contributed by atoms with Crippen LogP contribution in [0.25, 0.3) is 11.0 Å². The zero-order chi connectivity index (χ0) is 16.9. The van der Waals surface area contributed by atoms with Gasteiger partial charge in [-0.15, -0.1) is 0 Å². The highest BCUT2D eigenvalue weighted by molar-refractivity contribution is 5.94. The highest BCUT2D eigenvalue weighted by Crippen LogP contribution is 2.27. The fraction of sp³-hybridized carbons (Fsp3) is 0.167. The van der Waals surface area contributed by atoms with Crippen LogP contribution in [0.4, 0.5) is 5.69 Å². The Kier molecular flexibility index (Phi) is 4.56. The monoisotopic (exact) mass is 323 g/mol. The molecule has 0 radical (unpaired) electrons. The molecule has 0 bridgehead atoms. The van der Waals surface area contributed by atoms with E-state index in [0.29, 0.717) is 17.2 Å². The number of carbonyl (C=O) groups is 1. The van der Waals surface area contributed by atoms with Gasteiger partial charge in [-0.25, -0.2) is 0 Å². The molecule has 0 fully saturated rings. The number of aromatic nitrogens is 2. The largest absolute Gasteiger partial charge is 0.493 e. The summed E-state index contributed by atoms with van der Waals surface area (Å²) in [5.41, 5.74) is 3.05. The van der Waals surface area contributed by atoms with Crippen LogP contribution in [0.2, 0.25) is 0 Å². The van der Waals surface area contributed by atoms with Crippen molar-refractivity contribution in [2.75, 3.05) is 19.5 Å². The molecule has 24 heavy (non-hydrogen) atoms. The molecule has 3 rings (SSSR count). The minimum absolute atomic E-state index is 0.120. The molecule has 1 aromatic heterocycles. The number of ether oxygens (including phenoxy) is 2. The van der Waals surface area contributed by atoms with Crippen molar-refractivity contribution in [2.45, 2.75) is 6.42 Å². The molecule has 6 nitrogen and oxygen atoms in total. The van der Waals surface area contributed by atoms with Crippen LogP contribution >= 0.6 is 0 Å². The van der Waals surface area contributed by atoms with Crippen LogP contribution in [0.3, 0.4) is 0 Å². The lowest BCUT2D eigenvalue weighted by atomic mass is 10.1. The number of amides is 1. The van der Waals surface area contributed by atoms with E-state index in [2.05, 4.69) is 15.3 Å². The molecular formula is C18H17N3O3. The number of hydrogen-bond donors (Lipinski definition) is 1. The zero-order valence-electron chi connectivity index (χ0n) is 13.4. The number of carbonyl (C=O) groups excluding carboxylic acids is 1. The maximum absolute atomic E-state index is 12.3. The van der Waals surface area contributed by atoms with E-state index in [-0.39, 0.29) is 12.3 Å². The van der Waals surface area contributed by atoms with E-state index < -0.39 is 0 Å². The Hall–Kier alpha value is -3.15. The molecule has 1 amide bonds. The molecule has 0 saturated heterocycles. The summed E-state index contributed by atoms with van der Waals surface area (Å²) in [6, 6.07) is 10.9. The molecule has 0 saturated carbocycles. The Balaban J connectivity index is 1.72. The van der Waals surface area contributed by atoms with E-state index in [1.165, 1.54) is 0 Å². The van der Waals surface area contributed by atoms with Crippen LogP contribution in [0.1, 0.15) is 5.56 Å². The number of anilines is 1. The van der Waals surface area contributed by atoms with E-state index in [4.69, 9.17) is 9.47 Å². The molecule has 3 aromatic rings. The maximum Gasteiger partial charge on any atom is 0.228 e. The van der Waals surface area contributed by atoms with Gasteiger partial charge in [-0.1, -0.05) is 6.07 Å². The lowest BCUT2D eigenvalue weighted by Gasteiger charge is -2.10. The van der Waals surface area contributed by atoms with Gasteiger partial charge in [-0.05, 0) is 35.9 Å². The van der Waals surface area contributed by atoms with Gasteiger partial charge >= 0.3 is 0 Å². The average Bonchev–Trinajstić information content (AvgIpc) is 2.61. The van der Waals surface area contributed by atoms with E-state index in [0.717, 1.165) is 16.6 Å². The normalized spacial score (nSPS) is 10.4. The number of nitrogens with one attached hydrogen (secondary N) is 1. The van der Waals surface area contributed by atoms with Crippen LogP contribution in [0, 0.1) is 0 Å². The molecule has 1 N–H and O–H groups in total. The first-order chi connectivity index (χ1) is 11.7. The molecule has 0 unspecified atom stereocenters. The predicted molar refractivity (Wildman–Crippen MR) is 91.4 cm³/mol. The van der Waals surface area contributed by atoms with Gasteiger partial charge in [0.25, 0.3) is 0 Å². The molecule has 0 aliphatic heterocycles. The minimum Gasteiger partial charge on any atom is -0.493 e. The second-order valence-electron chi connectivity index (χ2n) is 5.17. The Morgan fingerprint density at radius 3 is 2.46 bits per heavy atom. The number of methoxy groups -OCH3 is 2. The van der Waals surface area contributed by atoms with Gasteiger partial charge in [0.15, 0.2) is 11.5 Å². The summed E-state index contributed by atoms with van der Waals surface area (Å²) in [7, 11) is 3.14. The average molecular weight is 323 g/mol. The van der Waals surface area contributed by atoms with Crippen molar-refractivity contribution < 1.29 is 14.3 Å². The number of fused-ring (bicyclic) bond motifs is 1. The van der Waals surface area contributed by atoms with Crippen molar-refractivity contribution in [3.05, 3.63) is 54.4 Å². The van der Waals surface area contributed by atoms with Crippen molar-refractivity contribution in [3.63, 3.8) is 0 Å². The summed E-state index contributed by atoms with van der Waals surface area (Å²) in [5, 5.41) is 2.87. The molecule has 0 spiro atoms. The topological polar surface area (TPSA) is 73.3 Å². The lowest BCUT2D eigenvalue weighted by Crippen LogP contribution is -2.14. The number of hydrogen-bond acceptors (Lipinski definition) is 5. The molecule has 0 aliphatic rings. The fourth-order valence-electron chi connectivity index (χ4n) is 2.42. The minimum atomic E-state index is -0.120. The third-order valence-corrected chi connectivity index (χ3v) is 3.57. The second-order valence-corrected chi connectivity index (χ2v) is 5.17. The number of rotatable bonds is 5. The van der Waals surface area contributed by atoms with Crippen LogP contribution in [0.15, 0.2) is 48.8 Å². The van der Waals surface area contributed by atoms with Crippen molar-refractivity contribution >= 4 is 22.6 Å². The number of nitrogens with zero attached hydrogens (tertiary/aromatic N) is 2. The molecule has 0 atom stereocenters. The Bertz CT molecular complexity index is 880. The lowest BCUT2D eigenvalue weighted by molar-refractivity contribution is -0.115. The second kappa shape index (κ2) is 6.95. The molecule has 0 aliphatic carbocycles. The molecular weight excluding hydrogens is 306 g/mol. The van der Waals surface area contributed by atoms with Crippen molar-refractivity contribution in [2.24, 2.45) is 0 Å². The van der Waals surface area contributed by atoms with Crippen LogP contribution in [-0.2, 0) is 11.2 Å². The predicted octanol–water partition coefficient (Wildman–Crippen LogP) is 2.83. The SMILES string of the molecule is COc1ccc(CC(=O)Nc2ccc3nccnc3c2)cc1OC. The third-order valence-electron chi connectivity index (χ3n) is 3.57. The Morgan fingerprint density at radius 2 is 1.71 bits per heavy atom. The van der Waals surface area contributed by atoms with Crippen LogP contribution in [-0.4, -0.2) is 30.1 Å². The van der Waals surface area contributed by atoms with Crippen LogP contribution in [0.5, 0.6) is 11.5 Å². The quantitative estimate of drug-likeness (QED) is 0.781. The molecule has 1 heterocycles. The summed E-state index contributed by atoms with van der Waals surface area (Å²) in [5.74, 6) is 1.11. The summed E-state index contributed by atoms with van der Waals surface area (Å²) < 4.78 is 10.4. The van der Waals surface area contributed by atoms with Gasteiger partial charge in [0.2, 0.25) is 5.91 Å². The van der Waals surface area contributed by atoms with E-state index in [9.17, 15) is 4.79 Å². The standard InChI is InChI=1S/C18H17N3O3/c1-23-16-6-3-12(9-17(16)24-2)10-18(22)21-13-4-5-14-15(11-13)20-8-7-19-14/h3-9,11H,10H2,1-2H3,(H,21,22). The van der Waals surface area contributed by atoms with Crippen molar-refractivity contribution in [1.82, 2.24) is 9.97 Å². The van der Waals surface area contributed by atoms with Gasteiger partial charge in [0.1, 0.15) is 0 Å². The first-order valence-electron chi connectivity index (χ1n) is 7.41. The van der Waals surface area contributed by atoms with Crippen molar-refractivity contribution in [1.29, 1.82) is 0 Å². The van der Waals surface area contributed by atoms with E-state index in [1.54, 1.807) is 44.8 Å². The fourth-order valence-corrected chi connectivity index (χ4v) is 2.42. The van der Waals surface area contributed by atoms with E-state index >= 15 is 0 Å². The van der Waals surface area contributed by atoms with Gasteiger partial charge in [0, 0.05) is 18.1 Å². The molecule has 2 aromatic carbocycles. The highest BCUT2D eigenvalue weighted by Gasteiger charge is 2.09. The maximum atomic E-state index is 12.3. The molecule has 6 heteroatoms. The Morgan fingerprint density at radius 1 is 0.958 bits per heavy atom. The first-order valence-corrected chi connectivity index (χ1v) is 7.41. The van der Waals surface area contributed by atoms with Gasteiger partial charge in [-0.3, -0.25) is 14.8 Å². The summed E-state index contributed by atoms with van der Waals surface area (Å²) in [6.07, 6.45) is 3.49. The molecule has 122 valence electrons. The van der Waals surface area contributed by atoms with Gasteiger partial charge in [-0.2, -0.15) is 0 Å². The highest BCUT2D eigenvalue weighted by atomic mass is 16.5. The summed E-state index contributed by atoms with van der Waals surface area (Å²) >= 11 is 0. The first kappa shape index (κ1) is 15.7. The number of benzene rings is 2. The third kappa shape index (κ3) is 3.43. The zero-order valence-corrected chi connectivity index (χ0v) is 13.4. The summed E-state index contributed by atoms with van der Waals surface area (Å²) in [4.78, 5) is 20.7. The van der Waals surface area contributed by atoms with Gasteiger partial charge < -0.3 is 14.8 Å².